The molecule has 0 amide bonds. The molecular weight excluding hydrogens is 234 g/mol. The van der Waals surface area contributed by atoms with Crippen LogP contribution >= 0.6 is 11.3 Å². The van der Waals surface area contributed by atoms with Gasteiger partial charge in [0.15, 0.2) is 4.96 Å². The number of hydrogen-bond donors (Lipinski definition) is 1. The summed E-state index contributed by atoms with van der Waals surface area (Å²) in [6.45, 7) is 6.01. The molecule has 0 radical (unpaired) electrons. The highest BCUT2D eigenvalue weighted by molar-refractivity contribution is 7.15. The van der Waals surface area contributed by atoms with Crippen molar-refractivity contribution in [3.63, 3.8) is 0 Å². The van der Waals surface area contributed by atoms with Gasteiger partial charge in [0.05, 0.1) is 11.8 Å². The highest BCUT2D eigenvalue weighted by Gasteiger charge is 2.36. The van der Waals surface area contributed by atoms with Gasteiger partial charge in [0.1, 0.15) is 0 Å². The molecule has 2 aromatic rings. The molecule has 0 aliphatic carbocycles. The molecule has 5 heteroatoms. The molecule has 17 heavy (non-hydrogen) atoms. The Balaban J connectivity index is 1.69. The van der Waals surface area contributed by atoms with Gasteiger partial charge < -0.3 is 10.1 Å². The summed E-state index contributed by atoms with van der Waals surface area (Å²) in [5.74, 6) is 0. The summed E-state index contributed by atoms with van der Waals surface area (Å²) in [7, 11) is 0. The maximum Gasteiger partial charge on any atom is 0.193 e. The van der Waals surface area contributed by atoms with Gasteiger partial charge >= 0.3 is 0 Å². The number of hydrogen-bond acceptors (Lipinski definition) is 4. The Hall–Kier alpha value is -0.910. The maximum atomic E-state index is 5.61. The van der Waals surface area contributed by atoms with Gasteiger partial charge in [-0.3, -0.25) is 4.40 Å². The lowest BCUT2D eigenvalue weighted by Gasteiger charge is -2.28. The molecule has 1 saturated heterocycles. The molecule has 2 atom stereocenters. The lowest BCUT2D eigenvalue weighted by Crippen LogP contribution is -2.47. The van der Waals surface area contributed by atoms with Crippen molar-refractivity contribution >= 4 is 16.3 Å². The summed E-state index contributed by atoms with van der Waals surface area (Å²) in [5, 5.41) is 5.63. The molecule has 2 aromatic heterocycles. The first-order valence-corrected chi connectivity index (χ1v) is 6.83. The van der Waals surface area contributed by atoms with E-state index in [-0.39, 0.29) is 11.6 Å². The van der Waals surface area contributed by atoms with E-state index in [0.717, 1.165) is 30.2 Å². The SMILES string of the molecule is CC1OCCC1(C)NCc1cn2ccsc2n1. The molecule has 92 valence electrons. The van der Waals surface area contributed by atoms with Gasteiger partial charge in [-0.2, -0.15) is 0 Å². The van der Waals surface area contributed by atoms with Crippen LogP contribution in [0.3, 0.4) is 0 Å². The largest absolute Gasteiger partial charge is 0.377 e. The number of imidazole rings is 1. The van der Waals surface area contributed by atoms with E-state index in [4.69, 9.17) is 4.74 Å². The summed E-state index contributed by atoms with van der Waals surface area (Å²) in [6, 6.07) is 0. The van der Waals surface area contributed by atoms with Crippen molar-refractivity contribution in [1.82, 2.24) is 14.7 Å². The van der Waals surface area contributed by atoms with E-state index in [9.17, 15) is 0 Å². The van der Waals surface area contributed by atoms with E-state index in [0.29, 0.717) is 0 Å². The van der Waals surface area contributed by atoms with E-state index < -0.39 is 0 Å². The quantitative estimate of drug-likeness (QED) is 0.907. The number of fused-ring (bicyclic) bond motifs is 1. The van der Waals surface area contributed by atoms with E-state index >= 15 is 0 Å². The zero-order valence-electron chi connectivity index (χ0n) is 10.1. The van der Waals surface area contributed by atoms with Crippen LogP contribution in [0.5, 0.6) is 0 Å². The van der Waals surface area contributed by atoms with Crippen molar-refractivity contribution < 1.29 is 4.74 Å². The molecule has 3 heterocycles. The first-order chi connectivity index (χ1) is 8.17. The van der Waals surface area contributed by atoms with Crippen molar-refractivity contribution in [2.45, 2.75) is 38.5 Å². The predicted octanol–water partition coefficient (Wildman–Crippen LogP) is 2.05. The van der Waals surface area contributed by atoms with Gasteiger partial charge in [-0.05, 0) is 20.3 Å². The van der Waals surface area contributed by atoms with Crippen molar-refractivity contribution in [1.29, 1.82) is 0 Å². The van der Waals surface area contributed by atoms with Crippen LogP contribution < -0.4 is 5.32 Å². The summed E-state index contributed by atoms with van der Waals surface area (Å²) in [5.41, 5.74) is 1.18. The lowest BCUT2D eigenvalue weighted by molar-refractivity contribution is 0.0880. The molecular formula is C12H17N3OS. The summed E-state index contributed by atoms with van der Waals surface area (Å²) < 4.78 is 7.68. The van der Waals surface area contributed by atoms with Gasteiger partial charge in [-0.15, -0.1) is 11.3 Å². The maximum absolute atomic E-state index is 5.61. The third-order valence-electron chi connectivity index (χ3n) is 3.70. The average molecular weight is 251 g/mol. The van der Waals surface area contributed by atoms with E-state index in [1.54, 1.807) is 11.3 Å². The number of nitrogens with zero attached hydrogens (tertiary/aromatic N) is 2. The first-order valence-electron chi connectivity index (χ1n) is 5.95. The zero-order valence-corrected chi connectivity index (χ0v) is 11.0. The van der Waals surface area contributed by atoms with Gasteiger partial charge in [0.25, 0.3) is 0 Å². The normalized spacial score (nSPS) is 29.2. The Kier molecular flexibility index (Phi) is 2.69. The molecule has 3 rings (SSSR count). The fraction of sp³-hybridized carbons (Fsp3) is 0.583. The minimum absolute atomic E-state index is 0.0804. The van der Waals surface area contributed by atoms with Crippen LogP contribution in [0.2, 0.25) is 0 Å². The monoisotopic (exact) mass is 251 g/mol. The Labute approximate surface area is 105 Å². The molecule has 1 aliphatic rings. The topological polar surface area (TPSA) is 38.6 Å². The Morgan fingerprint density at radius 3 is 3.29 bits per heavy atom. The first kappa shape index (κ1) is 11.2. The average Bonchev–Trinajstić information content (AvgIpc) is 2.92. The predicted molar refractivity (Wildman–Crippen MR) is 68.3 cm³/mol. The molecule has 0 saturated carbocycles. The van der Waals surface area contributed by atoms with Gasteiger partial charge in [-0.25, -0.2) is 4.98 Å². The van der Waals surface area contributed by atoms with E-state index in [1.165, 1.54) is 0 Å². The second-order valence-electron chi connectivity index (χ2n) is 4.86. The van der Waals surface area contributed by atoms with Crippen molar-refractivity contribution in [2.75, 3.05) is 6.61 Å². The van der Waals surface area contributed by atoms with Gasteiger partial charge in [-0.1, -0.05) is 0 Å². The summed E-state index contributed by atoms with van der Waals surface area (Å²) >= 11 is 1.67. The lowest BCUT2D eigenvalue weighted by atomic mass is 9.95. The van der Waals surface area contributed by atoms with Crippen LogP contribution in [-0.2, 0) is 11.3 Å². The number of thiazole rings is 1. The molecule has 1 N–H and O–H groups in total. The molecule has 1 aliphatic heterocycles. The van der Waals surface area contributed by atoms with Crippen molar-refractivity contribution in [3.05, 3.63) is 23.5 Å². The Morgan fingerprint density at radius 1 is 1.71 bits per heavy atom. The van der Waals surface area contributed by atoms with Crippen LogP contribution in [0.15, 0.2) is 17.8 Å². The highest BCUT2D eigenvalue weighted by atomic mass is 32.1. The fourth-order valence-corrected chi connectivity index (χ4v) is 2.94. The standard InChI is InChI=1S/C12H17N3OS/c1-9-12(2,3-5-16-9)13-7-10-8-15-4-6-17-11(15)14-10/h4,6,8-9,13H,3,5,7H2,1-2H3. The van der Waals surface area contributed by atoms with Gasteiger partial charge in [0.2, 0.25) is 0 Å². The highest BCUT2D eigenvalue weighted by Crippen LogP contribution is 2.25. The zero-order chi connectivity index (χ0) is 11.9. The smallest absolute Gasteiger partial charge is 0.193 e. The van der Waals surface area contributed by atoms with Gasteiger partial charge in [0, 0.05) is 36.5 Å². The van der Waals surface area contributed by atoms with Crippen LogP contribution in [0, 0.1) is 0 Å². The Bertz CT molecular complexity index is 492. The third kappa shape index (κ3) is 1.99. The van der Waals surface area contributed by atoms with Crippen molar-refractivity contribution in [2.24, 2.45) is 0 Å². The molecule has 1 fully saturated rings. The summed E-state index contributed by atoms with van der Waals surface area (Å²) in [6.07, 6.45) is 5.46. The Morgan fingerprint density at radius 2 is 2.59 bits per heavy atom. The van der Waals surface area contributed by atoms with Crippen molar-refractivity contribution in [3.8, 4) is 0 Å². The number of aromatic nitrogens is 2. The second kappa shape index (κ2) is 4.08. The molecule has 0 aromatic carbocycles. The summed E-state index contributed by atoms with van der Waals surface area (Å²) in [4.78, 5) is 5.63. The van der Waals surface area contributed by atoms with E-state index in [2.05, 4.69) is 34.7 Å². The minimum atomic E-state index is 0.0804. The second-order valence-corrected chi connectivity index (χ2v) is 5.73. The number of ether oxygens (including phenoxy) is 1. The van der Waals surface area contributed by atoms with Crippen LogP contribution in [0.25, 0.3) is 4.96 Å². The van der Waals surface area contributed by atoms with Crippen LogP contribution in [0.4, 0.5) is 0 Å². The molecule has 0 spiro atoms. The third-order valence-corrected chi connectivity index (χ3v) is 4.47. The minimum Gasteiger partial charge on any atom is -0.377 e. The van der Waals surface area contributed by atoms with E-state index in [1.807, 2.05) is 11.6 Å². The molecule has 4 nitrogen and oxygen atoms in total. The molecule has 0 bridgehead atoms. The van der Waals surface area contributed by atoms with Crippen LogP contribution in [0.1, 0.15) is 26.0 Å². The number of nitrogens with one attached hydrogen (secondary N) is 1. The number of rotatable bonds is 3. The fourth-order valence-electron chi connectivity index (χ4n) is 2.22. The molecule has 2 unspecified atom stereocenters. The van der Waals surface area contributed by atoms with Crippen LogP contribution in [-0.4, -0.2) is 27.6 Å².